The van der Waals surface area contributed by atoms with Crippen molar-refractivity contribution in [3.8, 4) is 5.75 Å². The van der Waals surface area contributed by atoms with Gasteiger partial charge in [0.25, 0.3) is 6.43 Å². The van der Waals surface area contributed by atoms with E-state index < -0.39 is 6.43 Å². The molecule has 4 heteroatoms. The fourth-order valence-electron chi connectivity index (χ4n) is 0.948. The Morgan fingerprint density at radius 2 is 2.00 bits per heavy atom. The SMILES string of the molecule is OCCOc1ccccc1C(F)F. The van der Waals surface area contributed by atoms with Gasteiger partial charge in [0.2, 0.25) is 0 Å². The Hall–Kier alpha value is -1.16. The molecule has 0 aliphatic heterocycles. The van der Waals surface area contributed by atoms with Gasteiger partial charge < -0.3 is 9.84 Å². The van der Waals surface area contributed by atoms with Gasteiger partial charge in [-0.15, -0.1) is 0 Å². The maximum Gasteiger partial charge on any atom is 0.267 e. The molecule has 13 heavy (non-hydrogen) atoms. The molecular formula is C9H10F2O2. The number of para-hydroxylation sites is 1. The van der Waals surface area contributed by atoms with Gasteiger partial charge in [-0.1, -0.05) is 12.1 Å². The van der Waals surface area contributed by atoms with Gasteiger partial charge in [0.05, 0.1) is 12.2 Å². The highest BCUT2D eigenvalue weighted by atomic mass is 19.3. The summed E-state index contributed by atoms with van der Waals surface area (Å²) >= 11 is 0. The molecule has 0 fully saturated rings. The van der Waals surface area contributed by atoms with Crippen LogP contribution in [0.15, 0.2) is 24.3 Å². The van der Waals surface area contributed by atoms with E-state index in [0.29, 0.717) is 0 Å². The number of hydrogen-bond donors (Lipinski definition) is 1. The van der Waals surface area contributed by atoms with Crippen molar-refractivity contribution in [2.75, 3.05) is 13.2 Å². The summed E-state index contributed by atoms with van der Waals surface area (Å²) < 4.78 is 29.5. The van der Waals surface area contributed by atoms with E-state index in [9.17, 15) is 8.78 Å². The van der Waals surface area contributed by atoms with Crippen LogP contribution in [-0.2, 0) is 0 Å². The van der Waals surface area contributed by atoms with Crippen molar-refractivity contribution in [1.82, 2.24) is 0 Å². The molecule has 1 aromatic rings. The summed E-state index contributed by atoms with van der Waals surface area (Å²) in [4.78, 5) is 0. The van der Waals surface area contributed by atoms with Crippen molar-refractivity contribution < 1.29 is 18.6 Å². The fraction of sp³-hybridized carbons (Fsp3) is 0.333. The molecule has 0 saturated heterocycles. The molecule has 0 heterocycles. The number of ether oxygens (including phenoxy) is 1. The molecule has 0 saturated carbocycles. The van der Waals surface area contributed by atoms with Gasteiger partial charge in [-0.3, -0.25) is 0 Å². The standard InChI is InChI=1S/C9H10F2O2/c10-9(11)7-3-1-2-4-8(7)13-6-5-12/h1-4,9,12H,5-6H2. The average Bonchev–Trinajstić information content (AvgIpc) is 2.15. The lowest BCUT2D eigenvalue weighted by Crippen LogP contribution is -2.03. The number of aliphatic hydroxyl groups is 1. The van der Waals surface area contributed by atoms with Gasteiger partial charge >= 0.3 is 0 Å². The molecule has 1 aromatic carbocycles. The molecule has 0 bridgehead atoms. The summed E-state index contributed by atoms with van der Waals surface area (Å²) in [5.41, 5.74) is -0.143. The normalized spacial score (nSPS) is 10.5. The molecule has 2 nitrogen and oxygen atoms in total. The number of hydrogen-bond acceptors (Lipinski definition) is 2. The van der Waals surface area contributed by atoms with E-state index in [0.717, 1.165) is 0 Å². The van der Waals surface area contributed by atoms with Crippen LogP contribution in [0.25, 0.3) is 0 Å². The third kappa shape index (κ3) is 2.66. The van der Waals surface area contributed by atoms with E-state index in [1.165, 1.54) is 18.2 Å². The first-order valence-electron chi connectivity index (χ1n) is 3.86. The Morgan fingerprint density at radius 3 is 2.62 bits per heavy atom. The Morgan fingerprint density at radius 1 is 1.31 bits per heavy atom. The number of alkyl halides is 2. The molecule has 0 amide bonds. The predicted molar refractivity (Wildman–Crippen MR) is 44.0 cm³/mol. The molecule has 0 unspecified atom stereocenters. The molecule has 0 radical (unpaired) electrons. The molecule has 0 aromatic heterocycles. The molecule has 1 rings (SSSR count). The largest absolute Gasteiger partial charge is 0.491 e. The second-order valence-corrected chi connectivity index (χ2v) is 2.41. The lowest BCUT2D eigenvalue weighted by atomic mass is 10.2. The van der Waals surface area contributed by atoms with Crippen LogP contribution in [0.1, 0.15) is 12.0 Å². The first kappa shape index (κ1) is 9.92. The van der Waals surface area contributed by atoms with Gasteiger partial charge in [-0.25, -0.2) is 8.78 Å². The molecule has 1 N–H and O–H groups in total. The van der Waals surface area contributed by atoms with Crippen molar-refractivity contribution in [2.24, 2.45) is 0 Å². The zero-order valence-electron chi connectivity index (χ0n) is 6.91. The van der Waals surface area contributed by atoms with Crippen molar-refractivity contribution in [1.29, 1.82) is 0 Å². The van der Waals surface area contributed by atoms with Gasteiger partial charge in [0.1, 0.15) is 12.4 Å². The quantitative estimate of drug-likeness (QED) is 0.783. The monoisotopic (exact) mass is 188 g/mol. The van der Waals surface area contributed by atoms with Crippen LogP contribution in [0.2, 0.25) is 0 Å². The maximum atomic E-state index is 12.3. The molecule has 0 aliphatic carbocycles. The highest BCUT2D eigenvalue weighted by Gasteiger charge is 2.12. The van der Waals surface area contributed by atoms with E-state index in [1.807, 2.05) is 0 Å². The Labute approximate surface area is 74.8 Å². The van der Waals surface area contributed by atoms with Crippen molar-refractivity contribution in [3.05, 3.63) is 29.8 Å². The number of halogens is 2. The Kier molecular flexibility index (Phi) is 3.64. The third-order valence-electron chi connectivity index (χ3n) is 1.50. The summed E-state index contributed by atoms with van der Waals surface area (Å²) in [6, 6.07) is 5.89. The van der Waals surface area contributed by atoms with E-state index >= 15 is 0 Å². The van der Waals surface area contributed by atoms with Crippen LogP contribution in [-0.4, -0.2) is 18.3 Å². The summed E-state index contributed by atoms with van der Waals surface area (Å²) in [7, 11) is 0. The van der Waals surface area contributed by atoms with Gasteiger partial charge in [0.15, 0.2) is 0 Å². The van der Waals surface area contributed by atoms with Gasteiger partial charge in [-0.05, 0) is 12.1 Å². The molecule has 0 atom stereocenters. The Bertz CT molecular complexity index is 264. The van der Waals surface area contributed by atoms with Crippen LogP contribution in [0.3, 0.4) is 0 Å². The van der Waals surface area contributed by atoms with Crippen molar-refractivity contribution >= 4 is 0 Å². The topological polar surface area (TPSA) is 29.5 Å². The van der Waals surface area contributed by atoms with E-state index in [-0.39, 0.29) is 24.5 Å². The highest BCUT2D eigenvalue weighted by molar-refractivity contribution is 5.34. The maximum absolute atomic E-state index is 12.3. The van der Waals surface area contributed by atoms with Crippen LogP contribution >= 0.6 is 0 Å². The number of aliphatic hydroxyl groups excluding tert-OH is 1. The lowest BCUT2D eigenvalue weighted by Gasteiger charge is -2.08. The minimum Gasteiger partial charge on any atom is -0.491 e. The van der Waals surface area contributed by atoms with Crippen LogP contribution in [0.4, 0.5) is 8.78 Å². The summed E-state index contributed by atoms with van der Waals surface area (Å²) in [5.74, 6) is 0.131. The second kappa shape index (κ2) is 4.77. The van der Waals surface area contributed by atoms with E-state index in [1.54, 1.807) is 6.07 Å². The zero-order chi connectivity index (χ0) is 9.68. The smallest absolute Gasteiger partial charge is 0.267 e. The first-order chi connectivity index (χ1) is 6.25. The van der Waals surface area contributed by atoms with Crippen molar-refractivity contribution in [3.63, 3.8) is 0 Å². The fourth-order valence-corrected chi connectivity index (χ4v) is 0.948. The minimum absolute atomic E-state index is 0.0315. The van der Waals surface area contributed by atoms with Crippen molar-refractivity contribution in [2.45, 2.75) is 6.43 Å². The predicted octanol–water partition coefficient (Wildman–Crippen LogP) is 2.00. The lowest BCUT2D eigenvalue weighted by molar-refractivity contribution is 0.141. The Balaban J connectivity index is 2.78. The molecule has 0 spiro atoms. The summed E-state index contributed by atoms with van der Waals surface area (Å²) in [6.07, 6.45) is -2.55. The van der Waals surface area contributed by atoms with E-state index in [4.69, 9.17) is 9.84 Å². The first-order valence-corrected chi connectivity index (χ1v) is 3.86. The van der Waals surface area contributed by atoms with Crippen LogP contribution in [0, 0.1) is 0 Å². The number of rotatable bonds is 4. The average molecular weight is 188 g/mol. The van der Waals surface area contributed by atoms with Gasteiger partial charge in [-0.2, -0.15) is 0 Å². The summed E-state index contributed by atoms with van der Waals surface area (Å²) in [6.45, 7) is -0.151. The minimum atomic E-state index is -2.55. The van der Waals surface area contributed by atoms with Crippen LogP contribution in [0.5, 0.6) is 5.75 Å². The highest BCUT2D eigenvalue weighted by Crippen LogP contribution is 2.28. The molecule has 0 aliphatic rings. The third-order valence-corrected chi connectivity index (χ3v) is 1.50. The van der Waals surface area contributed by atoms with Gasteiger partial charge in [0, 0.05) is 0 Å². The second-order valence-electron chi connectivity index (χ2n) is 2.41. The number of benzene rings is 1. The molecular weight excluding hydrogens is 178 g/mol. The van der Waals surface area contributed by atoms with E-state index in [2.05, 4.69) is 0 Å². The van der Waals surface area contributed by atoms with Crippen LogP contribution < -0.4 is 4.74 Å². The zero-order valence-corrected chi connectivity index (χ0v) is 6.91. The summed E-state index contributed by atoms with van der Waals surface area (Å²) in [5, 5.41) is 8.44. The molecule has 72 valence electrons.